The second-order valence-electron chi connectivity index (χ2n) is 8.62. The summed E-state index contributed by atoms with van der Waals surface area (Å²) in [7, 11) is 0. The first-order valence-electron chi connectivity index (χ1n) is 12.1. The number of rotatable bonds is 13. The van der Waals surface area contributed by atoms with Gasteiger partial charge in [0.2, 0.25) is 11.8 Å². The number of thioether (sulfide) groups is 1. The molecule has 1 N–H and O–H groups in total. The Balaban J connectivity index is 1.82. The molecule has 1 atom stereocenters. The molecule has 0 saturated carbocycles. The molecule has 36 heavy (non-hydrogen) atoms. The molecule has 0 aliphatic carbocycles. The summed E-state index contributed by atoms with van der Waals surface area (Å²) in [5.41, 5.74) is 3.06. The van der Waals surface area contributed by atoms with Gasteiger partial charge in [0, 0.05) is 34.8 Å². The van der Waals surface area contributed by atoms with Crippen LogP contribution >= 0.6 is 39.3 Å². The van der Waals surface area contributed by atoms with Crippen molar-refractivity contribution in [1.29, 1.82) is 0 Å². The Morgan fingerprint density at radius 1 is 0.972 bits per heavy atom. The van der Waals surface area contributed by atoms with Crippen LogP contribution in [0.1, 0.15) is 36.5 Å². The van der Waals surface area contributed by atoms with Crippen molar-refractivity contribution in [3.05, 3.63) is 105 Å². The number of nitrogens with one attached hydrogen (secondary N) is 1. The summed E-state index contributed by atoms with van der Waals surface area (Å²) in [4.78, 5) is 28.8. The highest BCUT2D eigenvalue weighted by Gasteiger charge is 2.30. The van der Waals surface area contributed by atoms with E-state index in [1.807, 2.05) is 78.9 Å². The fourth-order valence-electron chi connectivity index (χ4n) is 3.81. The van der Waals surface area contributed by atoms with Crippen molar-refractivity contribution in [1.82, 2.24) is 10.2 Å². The van der Waals surface area contributed by atoms with Crippen molar-refractivity contribution in [3.8, 4) is 0 Å². The van der Waals surface area contributed by atoms with Crippen LogP contribution in [0.15, 0.2) is 83.3 Å². The van der Waals surface area contributed by atoms with E-state index in [9.17, 15) is 9.59 Å². The molecule has 0 spiro atoms. The SMILES string of the molecule is CCCCNC(=O)C(Cc1ccccc1)N(Cc1cccc(Cl)c1)C(=O)CSCc1ccc(Br)cc1. The standard InChI is InChI=1S/C29H32BrClN2O2S/c1-2-3-16-32-29(35)27(18-22-8-5-4-6-9-22)33(19-24-10-7-11-26(31)17-24)28(34)21-36-20-23-12-14-25(30)15-13-23/h4-15,17,27H,2-3,16,18-21H2,1H3,(H,32,35). The van der Waals surface area contributed by atoms with Gasteiger partial charge < -0.3 is 10.2 Å². The van der Waals surface area contributed by atoms with Crippen molar-refractivity contribution in [2.24, 2.45) is 0 Å². The Hall–Kier alpha value is -2.28. The molecule has 0 fully saturated rings. The minimum absolute atomic E-state index is 0.0661. The molecule has 3 aromatic rings. The van der Waals surface area contributed by atoms with Crippen molar-refractivity contribution >= 4 is 51.1 Å². The van der Waals surface area contributed by atoms with E-state index >= 15 is 0 Å². The molecule has 1 unspecified atom stereocenters. The molecule has 0 heterocycles. The minimum atomic E-state index is -0.621. The molecule has 0 bridgehead atoms. The third-order valence-corrected chi connectivity index (χ3v) is 7.50. The van der Waals surface area contributed by atoms with Gasteiger partial charge in [-0.3, -0.25) is 9.59 Å². The topological polar surface area (TPSA) is 49.4 Å². The lowest BCUT2D eigenvalue weighted by Crippen LogP contribution is -2.51. The largest absolute Gasteiger partial charge is 0.354 e. The summed E-state index contributed by atoms with van der Waals surface area (Å²) in [6, 6.07) is 24.8. The maximum atomic E-state index is 13.6. The number of hydrogen-bond acceptors (Lipinski definition) is 3. The lowest BCUT2D eigenvalue weighted by molar-refractivity contribution is -0.139. The Morgan fingerprint density at radius 3 is 2.39 bits per heavy atom. The maximum Gasteiger partial charge on any atom is 0.243 e. The molecule has 0 aliphatic rings. The number of amides is 2. The van der Waals surface area contributed by atoms with Crippen LogP contribution < -0.4 is 5.32 Å². The van der Waals surface area contributed by atoms with Crippen molar-refractivity contribution < 1.29 is 9.59 Å². The number of nitrogens with zero attached hydrogens (tertiary/aromatic N) is 1. The first-order chi connectivity index (χ1) is 17.5. The summed E-state index contributed by atoms with van der Waals surface area (Å²) in [6.07, 6.45) is 2.33. The summed E-state index contributed by atoms with van der Waals surface area (Å²) in [6.45, 7) is 3.00. The minimum Gasteiger partial charge on any atom is -0.354 e. The Kier molecular flexibility index (Phi) is 11.9. The Labute approximate surface area is 231 Å². The molecule has 0 saturated heterocycles. The van der Waals surface area contributed by atoms with E-state index in [0.717, 1.165) is 39.8 Å². The van der Waals surface area contributed by atoms with Gasteiger partial charge in [-0.05, 0) is 47.4 Å². The van der Waals surface area contributed by atoms with Crippen molar-refractivity contribution in [2.75, 3.05) is 12.3 Å². The number of carbonyl (C=O) groups excluding carboxylic acids is 2. The molecule has 0 aliphatic heterocycles. The van der Waals surface area contributed by atoms with Crippen LogP contribution in [0.4, 0.5) is 0 Å². The quantitative estimate of drug-likeness (QED) is 0.222. The highest BCUT2D eigenvalue weighted by atomic mass is 79.9. The number of unbranched alkanes of at least 4 members (excludes halogenated alkanes) is 1. The second kappa shape index (κ2) is 15.1. The van der Waals surface area contributed by atoms with Gasteiger partial charge >= 0.3 is 0 Å². The first kappa shape index (κ1) is 28.3. The molecular formula is C29H32BrClN2O2S. The Bertz CT molecular complexity index is 1110. The van der Waals surface area contributed by atoms with E-state index < -0.39 is 6.04 Å². The summed E-state index contributed by atoms with van der Waals surface area (Å²) >= 11 is 11.2. The first-order valence-corrected chi connectivity index (χ1v) is 14.5. The van der Waals surface area contributed by atoms with Gasteiger partial charge in [0.15, 0.2) is 0 Å². The van der Waals surface area contributed by atoms with Gasteiger partial charge in [0.05, 0.1) is 5.75 Å². The fourth-order valence-corrected chi connectivity index (χ4v) is 5.16. The van der Waals surface area contributed by atoms with Crippen LogP contribution in [-0.4, -0.2) is 35.1 Å². The average molecular weight is 588 g/mol. The average Bonchev–Trinajstić information content (AvgIpc) is 2.88. The maximum absolute atomic E-state index is 13.6. The fraction of sp³-hybridized carbons (Fsp3) is 0.310. The predicted octanol–water partition coefficient (Wildman–Crippen LogP) is 6.89. The monoisotopic (exact) mass is 586 g/mol. The van der Waals surface area contributed by atoms with Gasteiger partial charge in [0.1, 0.15) is 6.04 Å². The van der Waals surface area contributed by atoms with E-state index in [-0.39, 0.29) is 17.6 Å². The molecule has 7 heteroatoms. The third-order valence-electron chi connectivity index (χ3n) is 5.75. The van der Waals surface area contributed by atoms with Crippen LogP contribution in [0, 0.1) is 0 Å². The van der Waals surface area contributed by atoms with Crippen molar-refractivity contribution in [2.45, 2.75) is 44.5 Å². The van der Waals surface area contributed by atoms with Gasteiger partial charge in [-0.25, -0.2) is 0 Å². The van der Waals surface area contributed by atoms with Gasteiger partial charge in [-0.1, -0.05) is 95.5 Å². The molecule has 0 radical (unpaired) electrons. The smallest absolute Gasteiger partial charge is 0.243 e. The summed E-state index contributed by atoms with van der Waals surface area (Å²) in [5, 5.41) is 3.66. The lowest BCUT2D eigenvalue weighted by Gasteiger charge is -2.31. The number of hydrogen-bond donors (Lipinski definition) is 1. The summed E-state index contributed by atoms with van der Waals surface area (Å²) < 4.78 is 1.03. The van der Waals surface area contributed by atoms with Gasteiger partial charge in [0.25, 0.3) is 0 Å². The van der Waals surface area contributed by atoms with Crippen LogP contribution in [0.3, 0.4) is 0 Å². The van der Waals surface area contributed by atoms with Gasteiger partial charge in [-0.15, -0.1) is 11.8 Å². The highest BCUT2D eigenvalue weighted by molar-refractivity contribution is 9.10. The zero-order valence-electron chi connectivity index (χ0n) is 20.5. The van der Waals surface area contributed by atoms with E-state index in [2.05, 4.69) is 28.2 Å². The van der Waals surface area contributed by atoms with Crippen LogP contribution in [0.25, 0.3) is 0 Å². The number of benzene rings is 3. The Morgan fingerprint density at radius 2 is 1.69 bits per heavy atom. The van der Waals surface area contributed by atoms with E-state index in [0.29, 0.717) is 24.5 Å². The molecule has 3 rings (SSSR count). The van der Waals surface area contributed by atoms with E-state index in [1.165, 1.54) is 0 Å². The number of halogens is 2. The second-order valence-corrected chi connectivity index (χ2v) is 11.0. The van der Waals surface area contributed by atoms with Gasteiger partial charge in [-0.2, -0.15) is 0 Å². The molecule has 4 nitrogen and oxygen atoms in total. The lowest BCUT2D eigenvalue weighted by atomic mass is 10.0. The third kappa shape index (κ3) is 9.30. The van der Waals surface area contributed by atoms with Crippen LogP contribution in [0.2, 0.25) is 5.02 Å². The van der Waals surface area contributed by atoms with E-state index in [4.69, 9.17) is 11.6 Å². The summed E-state index contributed by atoms with van der Waals surface area (Å²) in [5.74, 6) is 0.810. The van der Waals surface area contributed by atoms with Crippen LogP contribution in [0.5, 0.6) is 0 Å². The molecule has 3 aromatic carbocycles. The highest BCUT2D eigenvalue weighted by Crippen LogP contribution is 2.21. The molecule has 0 aromatic heterocycles. The van der Waals surface area contributed by atoms with Crippen LogP contribution in [-0.2, 0) is 28.3 Å². The normalized spacial score (nSPS) is 11.6. The number of carbonyl (C=O) groups is 2. The molecular weight excluding hydrogens is 556 g/mol. The van der Waals surface area contributed by atoms with Crippen molar-refractivity contribution in [3.63, 3.8) is 0 Å². The molecule has 190 valence electrons. The predicted molar refractivity (Wildman–Crippen MR) is 154 cm³/mol. The zero-order valence-corrected chi connectivity index (χ0v) is 23.6. The zero-order chi connectivity index (χ0) is 25.8. The molecule has 2 amide bonds. The van der Waals surface area contributed by atoms with E-state index in [1.54, 1.807) is 16.7 Å².